The van der Waals surface area contributed by atoms with E-state index in [9.17, 15) is 9.59 Å². The van der Waals surface area contributed by atoms with E-state index in [1.807, 2.05) is 49.4 Å². The monoisotopic (exact) mass is 454 g/mol. The van der Waals surface area contributed by atoms with Crippen molar-refractivity contribution in [2.75, 3.05) is 11.1 Å². The fraction of sp³-hybridized carbons (Fsp3) is 0.190. The van der Waals surface area contributed by atoms with Crippen molar-refractivity contribution < 1.29 is 4.79 Å². The molecule has 0 saturated carbocycles. The van der Waals surface area contributed by atoms with Crippen LogP contribution < -0.4 is 10.9 Å². The first-order chi connectivity index (χ1) is 15.0. The smallest absolute Gasteiger partial charge is 0.281 e. The van der Waals surface area contributed by atoms with Crippen LogP contribution in [0.4, 0.5) is 5.69 Å². The molecule has 2 aromatic carbocycles. The van der Waals surface area contributed by atoms with Crippen LogP contribution >= 0.6 is 23.4 Å². The molecule has 1 amide bonds. The summed E-state index contributed by atoms with van der Waals surface area (Å²) in [4.78, 5) is 31.8. The maximum atomic E-state index is 12.4. The van der Waals surface area contributed by atoms with Crippen molar-refractivity contribution in [3.63, 3.8) is 0 Å². The van der Waals surface area contributed by atoms with E-state index < -0.39 is 0 Å². The first kappa shape index (κ1) is 21.1. The van der Waals surface area contributed by atoms with Gasteiger partial charge in [-0.15, -0.1) is 16.9 Å². The van der Waals surface area contributed by atoms with Crippen molar-refractivity contribution in [3.05, 3.63) is 80.9 Å². The second-order valence-corrected chi connectivity index (χ2v) is 8.27. The Morgan fingerprint density at radius 2 is 1.97 bits per heavy atom. The number of nitrogens with one attached hydrogen (secondary N) is 2. The summed E-state index contributed by atoms with van der Waals surface area (Å²) >= 11 is 7.59. The van der Waals surface area contributed by atoms with Crippen molar-refractivity contribution in [2.45, 2.75) is 19.2 Å². The number of hydrogen-bond acceptors (Lipinski definition) is 6. The van der Waals surface area contributed by atoms with E-state index in [2.05, 4.69) is 25.6 Å². The summed E-state index contributed by atoms with van der Waals surface area (Å²) in [6, 6.07) is 15.0. The van der Waals surface area contributed by atoms with Gasteiger partial charge in [0.05, 0.1) is 18.1 Å². The minimum Gasteiger partial charge on any atom is -0.325 e. The van der Waals surface area contributed by atoms with Gasteiger partial charge in [-0.2, -0.15) is 0 Å². The largest absolute Gasteiger partial charge is 0.325 e. The molecule has 158 valence electrons. The molecule has 0 atom stereocenters. The second-order valence-electron chi connectivity index (χ2n) is 6.88. The molecular weight excluding hydrogens is 436 g/mol. The van der Waals surface area contributed by atoms with Crippen LogP contribution in [0.2, 0.25) is 5.02 Å². The highest BCUT2D eigenvalue weighted by molar-refractivity contribution is 7.99. The number of hydrogen-bond donors (Lipinski definition) is 2. The summed E-state index contributed by atoms with van der Waals surface area (Å²) < 4.78 is 1.55. The van der Waals surface area contributed by atoms with Gasteiger partial charge in [-0.3, -0.25) is 9.59 Å². The lowest BCUT2D eigenvalue weighted by atomic mass is 10.2. The maximum Gasteiger partial charge on any atom is 0.281 e. The van der Waals surface area contributed by atoms with Gasteiger partial charge in [0, 0.05) is 10.7 Å². The summed E-state index contributed by atoms with van der Waals surface area (Å²) in [7, 11) is 0. The zero-order valence-electron chi connectivity index (χ0n) is 16.6. The van der Waals surface area contributed by atoms with E-state index >= 15 is 0 Å². The highest BCUT2D eigenvalue weighted by Crippen LogP contribution is 2.18. The van der Waals surface area contributed by atoms with Gasteiger partial charge in [-0.05, 0) is 30.2 Å². The summed E-state index contributed by atoms with van der Waals surface area (Å²) in [6.45, 7) is 2.28. The fourth-order valence-electron chi connectivity index (χ4n) is 3.01. The molecule has 0 spiro atoms. The van der Waals surface area contributed by atoms with Gasteiger partial charge in [0.15, 0.2) is 11.2 Å². The first-order valence-electron chi connectivity index (χ1n) is 9.50. The zero-order chi connectivity index (χ0) is 21.8. The number of halogens is 1. The molecule has 0 fully saturated rings. The Labute approximate surface area is 187 Å². The number of H-pyrrole nitrogens is 1. The number of thioether (sulfide) groups is 1. The van der Waals surface area contributed by atoms with E-state index in [-0.39, 0.29) is 22.7 Å². The van der Waals surface area contributed by atoms with Crippen molar-refractivity contribution >= 4 is 46.1 Å². The van der Waals surface area contributed by atoms with Crippen LogP contribution in [-0.4, -0.2) is 36.6 Å². The van der Waals surface area contributed by atoms with Crippen LogP contribution in [0.25, 0.3) is 11.2 Å². The number of fused-ring (bicyclic) bond motifs is 1. The van der Waals surface area contributed by atoms with Crippen LogP contribution in [0.5, 0.6) is 0 Å². The van der Waals surface area contributed by atoms with Crippen molar-refractivity contribution in [1.29, 1.82) is 0 Å². The molecule has 2 heterocycles. The third kappa shape index (κ3) is 4.95. The molecule has 31 heavy (non-hydrogen) atoms. The Hall–Kier alpha value is -3.17. The summed E-state index contributed by atoms with van der Waals surface area (Å²) in [5.74, 6) is 0.929. The van der Waals surface area contributed by atoms with Crippen LogP contribution in [-0.2, 0) is 17.1 Å². The molecule has 2 aromatic heterocycles. The minimum absolute atomic E-state index is 0.117. The predicted octanol–water partition coefficient (Wildman–Crippen LogP) is 3.40. The molecule has 10 heteroatoms. The van der Waals surface area contributed by atoms with Crippen LogP contribution in [0.15, 0.2) is 53.3 Å². The Balaban J connectivity index is 1.45. The van der Waals surface area contributed by atoms with Crippen molar-refractivity contribution in [3.8, 4) is 0 Å². The van der Waals surface area contributed by atoms with E-state index in [0.29, 0.717) is 28.8 Å². The van der Waals surface area contributed by atoms with Gasteiger partial charge in [0.2, 0.25) is 5.91 Å². The Morgan fingerprint density at radius 3 is 2.77 bits per heavy atom. The number of aryl methyl sites for hydroxylation is 1. The number of nitrogens with zero attached hydrogens (tertiary/aromatic N) is 4. The van der Waals surface area contributed by atoms with Gasteiger partial charge >= 0.3 is 0 Å². The third-order valence-electron chi connectivity index (χ3n) is 4.59. The van der Waals surface area contributed by atoms with Gasteiger partial charge in [-0.25, -0.2) is 9.67 Å². The number of carbonyl (C=O) groups excluding carboxylic acids is 1. The molecule has 0 bridgehead atoms. The Kier molecular flexibility index (Phi) is 6.34. The first-order valence-corrected chi connectivity index (χ1v) is 11.0. The number of aromatic nitrogens is 5. The van der Waals surface area contributed by atoms with Gasteiger partial charge in [0.25, 0.3) is 5.56 Å². The quantitative estimate of drug-likeness (QED) is 0.443. The SMILES string of the molecule is Cc1ccccc1NC(=O)CSCc1nc2c(nnn2Cc2ccccc2Cl)c(=O)[nH]1. The fourth-order valence-corrected chi connectivity index (χ4v) is 3.90. The molecular formula is C21H19ClN6O2S. The maximum absolute atomic E-state index is 12.4. The Morgan fingerprint density at radius 1 is 1.19 bits per heavy atom. The highest BCUT2D eigenvalue weighted by atomic mass is 35.5. The zero-order valence-corrected chi connectivity index (χ0v) is 18.2. The molecule has 0 aliphatic carbocycles. The van der Waals surface area contributed by atoms with E-state index in [0.717, 1.165) is 16.8 Å². The molecule has 0 radical (unpaired) electrons. The molecule has 2 N–H and O–H groups in total. The molecule has 0 aliphatic rings. The van der Waals surface area contributed by atoms with E-state index in [1.165, 1.54) is 11.8 Å². The number of benzene rings is 2. The molecule has 0 unspecified atom stereocenters. The lowest BCUT2D eigenvalue weighted by Gasteiger charge is -2.08. The number of carbonyl (C=O) groups is 1. The van der Waals surface area contributed by atoms with Crippen LogP contribution in [0, 0.1) is 6.92 Å². The van der Waals surface area contributed by atoms with Crippen LogP contribution in [0.3, 0.4) is 0 Å². The number of amides is 1. The van der Waals surface area contributed by atoms with Gasteiger partial charge < -0.3 is 10.3 Å². The average Bonchev–Trinajstić information content (AvgIpc) is 3.15. The lowest BCUT2D eigenvalue weighted by molar-refractivity contribution is -0.113. The molecule has 0 saturated heterocycles. The number of anilines is 1. The number of para-hydroxylation sites is 1. The van der Waals surface area contributed by atoms with Crippen molar-refractivity contribution in [1.82, 2.24) is 25.0 Å². The van der Waals surface area contributed by atoms with Gasteiger partial charge in [-0.1, -0.05) is 53.2 Å². The number of rotatable bonds is 7. The molecule has 0 aliphatic heterocycles. The van der Waals surface area contributed by atoms with Gasteiger partial charge in [0.1, 0.15) is 5.82 Å². The highest BCUT2D eigenvalue weighted by Gasteiger charge is 2.14. The summed E-state index contributed by atoms with van der Waals surface area (Å²) in [5, 5.41) is 11.5. The minimum atomic E-state index is -0.365. The van der Waals surface area contributed by atoms with Crippen molar-refractivity contribution in [2.24, 2.45) is 0 Å². The number of aromatic amines is 1. The standard InChI is InChI=1S/C21H19ClN6O2S/c1-13-6-2-5-9-16(13)23-18(29)12-31-11-17-24-20-19(21(30)25-17)26-27-28(20)10-14-7-3-4-8-15(14)22/h2-9H,10-12H2,1H3,(H,23,29)(H,24,25,30). The second kappa shape index (κ2) is 9.32. The molecule has 4 rings (SSSR count). The van der Waals surface area contributed by atoms with E-state index in [1.54, 1.807) is 10.7 Å². The van der Waals surface area contributed by atoms with Crippen LogP contribution in [0.1, 0.15) is 17.0 Å². The molecule has 4 aromatic rings. The summed E-state index contributed by atoms with van der Waals surface area (Å²) in [5.41, 5.74) is 2.81. The molecule has 8 nitrogen and oxygen atoms in total. The topological polar surface area (TPSA) is 106 Å². The average molecular weight is 455 g/mol. The predicted molar refractivity (Wildman–Crippen MR) is 122 cm³/mol. The van der Waals surface area contributed by atoms with E-state index in [4.69, 9.17) is 11.6 Å². The third-order valence-corrected chi connectivity index (χ3v) is 5.90. The summed E-state index contributed by atoms with van der Waals surface area (Å²) in [6.07, 6.45) is 0. The Bertz CT molecular complexity index is 1300. The lowest BCUT2D eigenvalue weighted by Crippen LogP contribution is -2.16. The normalized spacial score (nSPS) is 11.0.